The molecule has 0 bridgehead atoms. The molecule has 1 heterocycles. The lowest BCUT2D eigenvalue weighted by atomic mass is 10.3. The van der Waals surface area contributed by atoms with E-state index in [4.69, 9.17) is 32.5 Å². The van der Waals surface area contributed by atoms with Crippen molar-refractivity contribution in [2.24, 2.45) is 0 Å². The van der Waals surface area contributed by atoms with E-state index in [1.54, 1.807) is 18.2 Å². The number of nitrogens with zero attached hydrogens (tertiary/aromatic N) is 2. The molecule has 118 valence electrons. The minimum atomic E-state index is -0.513. The topological polar surface area (TPSA) is 86.5 Å². The molecule has 1 aromatic carbocycles. The maximum absolute atomic E-state index is 10.9. The van der Waals surface area contributed by atoms with Gasteiger partial charge in [0.15, 0.2) is 6.61 Å². The second kappa shape index (κ2) is 7.86. The Kier molecular flexibility index (Phi) is 5.85. The number of rotatable bonds is 6. The van der Waals surface area contributed by atoms with Gasteiger partial charge >= 0.3 is 6.09 Å². The molecule has 0 saturated carbocycles. The van der Waals surface area contributed by atoms with Crippen LogP contribution in [0.5, 0.6) is 5.75 Å². The number of aromatic nitrogens is 2. The summed E-state index contributed by atoms with van der Waals surface area (Å²) in [6.07, 6.45) is -0.121. The second-order valence-electron chi connectivity index (χ2n) is 4.14. The summed E-state index contributed by atoms with van der Waals surface area (Å²) in [5.74, 6) is 1.24. The van der Waals surface area contributed by atoms with E-state index < -0.39 is 6.09 Å². The predicted molar refractivity (Wildman–Crippen MR) is 79.2 cm³/mol. The first-order chi connectivity index (χ1) is 10.6. The van der Waals surface area contributed by atoms with Gasteiger partial charge in [-0.25, -0.2) is 4.79 Å². The molecule has 22 heavy (non-hydrogen) atoms. The molecule has 0 radical (unpaired) electrons. The van der Waals surface area contributed by atoms with E-state index in [-0.39, 0.29) is 6.61 Å². The molecular formula is C13H13Cl2N3O4. The molecule has 0 saturated heterocycles. The summed E-state index contributed by atoms with van der Waals surface area (Å²) >= 11 is 11.8. The Morgan fingerprint density at radius 2 is 2.23 bits per heavy atom. The Balaban J connectivity index is 1.83. The van der Waals surface area contributed by atoms with Crippen molar-refractivity contribution in [2.45, 2.75) is 13.0 Å². The number of hydrogen-bond acceptors (Lipinski definition) is 6. The number of hydrogen-bond donors (Lipinski definition) is 1. The fourth-order valence-electron chi connectivity index (χ4n) is 1.53. The number of benzene rings is 1. The molecular weight excluding hydrogens is 333 g/mol. The third-order valence-corrected chi connectivity index (χ3v) is 3.08. The summed E-state index contributed by atoms with van der Waals surface area (Å²) in [4.78, 5) is 15.0. The molecule has 0 unspecified atom stereocenters. The van der Waals surface area contributed by atoms with Crippen LogP contribution in [-0.4, -0.2) is 29.9 Å². The average molecular weight is 346 g/mol. The maximum atomic E-state index is 10.9. The zero-order chi connectivity index (χ0) is 15.9. The number of carbonyl (C=O) groups excluding carboxylic acids is 1. The van der Waals surface area contributed by atoms with Crippen LogP contribution in [0.25, 0.3) is 0 Å². The number of nitrogens with one attached hydrogen (secondary N) is 1. The average Bonchev–Trinajstić information content (AvgIpc) is 2.94. The molecule has 2 rings (SSSR count). The van der Waals surface area contributed by atoms with Crippen LogP contribution >= 0.6 is 23.2 Å². The van der Waals surface area contributed by atoms with E-state index in [2.05, 4.69) is 20.2 Å². The van der Waals surface area contributed by atoms with Gasteiger partial charge in [-0.05, 0) is 18.2 Å². The number of alkyl carbamates (subject to hydrolysis) is 1. The van der Waals surface area contributed by atoms with Crippen LogP contribution < -0.4 is 10.1 Å². The minimum absolute atomic E-state index is 0.106. The molecule has 1 N–H and O–H groups in total. The summed E-state index contributed by atoms with van der Waals surface area (Å²) in [5, 5.41) is 7.21. The fraction of sp³-hybridized carbons (Fsp3) is 0.308. The number of ether oxygens (including phenoxy) is 2. The zero-order valence-corrected chi connectivity index (χ0v) is 13.1. The molecule has 2 aromatic rings. The number of halogens is 2. The summed E-state index contributed by atoms with van der Waals surface area (Å²) in [6.45, 7) is 0.438. The summed E-state index contributed by atoms with van der Waals surface area (Å²) in [6, 6.07) is 4.91. The molecule has 0 fully saturated rings. The van der Waals surface area contributed by atoms with Crippen molar-refractivity contribution in [1.82, 2.24) is 15.5 Å². The van der Waals surface area contributed by atoms with Crippen LogP contribution in [0.4, 0.5) is 4.79 Å². The van der Waals surface area contributed by atoms with Crippen LogP contribution in [0, 0.1) is 0 Å². The van der Waals surface area contributed by atoms with Crippen molar-refractivity contribution in [2.75, 3.05) is 13.7 Å². The Hall–Kier alpha value is -1.99. The quantitative estimate of drug-likeness (QED) is 0.866. The van der Waals surface area contributed by atoms with Crippen LogP contribution in [0.1, 0.15) is 11.7 Å². The Bertz CT molecular complexity index is 648. The van der Waals surface area contributed by atoms with Crippen LogP contribution in [0.15, 0.2) is 22.7 Å². The van der Waals surface area contributed by atoms with Crippen molar-refractivity contribution in [3.63, 3.8) is 0 Å². The third kappa shape index (κ3) is 4.78. The third-order valence-electron chi connectivity index (χ3n) is 2.55. The van der Waals surface area contributed by atoms with Crippen molar-refractivity contribution in [3.8, 4) is 5.75 Å². The normalized spacial score (nSPS) is 10.3. The Morgan fingerprint density at radius 1 is 1.41 bits per heavy atom. The Morgan fingerprint density at radius 3 is 2.95 bits per heavy atom. The fourth-order valence-corrected chi connectivity index (χ4v) is 1.99. The van der Waals surface area contributed by atoms with Crippen molar-refractivity contribution in [1.29, 1.82) is 0 Å². The first kappa shape index (κ1) is 16.4. The molecule has 1 aromatic heterocycles. The van der Waals surface area contributed by atoms with Crippen LogP contribution in [-0.2, 0) is 17.8 Å². The second-order valence-corrected chi connectivity index (χ2v) is 4.98. The van der Waals surface area contributed by atoms with Crippen LogP contribution in [0.2, 0.25) is 10.0 Å². The smallest absolute Gasteiger partial charge is 0.406 e. The highest BCUT2D eigenvalue weighted by Crippen LogP contribution is 2.27. The van der Waals surface area contributed by atoms with E-state index in [1.165, 1.54) is 7.11 Å². The number of carbonyl (C=O) groups is 1. The lowest BCUT2D eigenvalue weighted by Crippen LogP contribution is -2.25. The van der Waals surface area contributed by atoms with Gasteiger partial charge in [0.05, 0.1) is 12.1 Å². The largest absolute Gasteiger partial charge is 0.484 e. The molecule has 0 aliphatic carbocycles. The molecule has 1 amide bonds. The lowest BCUT2D eigenvalue weighted by Gasteiger charge is -2.05. The van der Waals surface area contributed by atoms with Gasteiger partial charge in [0.25, 0.3) is 0 Å². The summed E-state index contributed by atoms with van der Waals surface area (Å²) < 4.78 is 15.0. The van der Waals surface area contributed by atoms with E-state index in [0.29, 0.717) is 40.5 Å². The van der Waals surface area contributed by atoms with E-state index >= 15 is 0 Å². The van der Waals surface area contributed by atoms with Gasteiger partial charge in [-0.15, -0.1) is 0 Å². The van der Waals surface area contributed by atoms with E-state index in [1.807, 2.05) is 0 Å². The van der Waals surface area contributed by atoms with Crippen molar-refractivity contribution in [3.05, 3.63) is 40.0 Å². The highest BCUT2D eigenvalue weighted by atomic mass is 35.5. The van der Waals surface area contributed by atoms with Gasteiger partial charge in [0, 0.05) is 18.0 Å². The summed E-state index contributed by atoms with van der Waals surface area (Å²) in [7, 11) is 1.29. The molecule has 0 atom stereocenters. The van der Waals surface area contributed by atoms with Crippen LogP contribution in [0.3, 0.4) is 0 Å². The molecule has 9 heteroatoms. The number of amides is 1. The van der Waals surface area contributed by atoms with Gasteiger partial charge < -0.3 is 19.3 Å². The highest BCUT2D eigenvalue weighted by Gasteiger charge is 2.09. The molecule has 0 aliphatic rings. The van der Waals surface area contributed by atoms with E-state index in [0.717, 1.165) is 0 Å². The van der Waals surface area contributed by atoms with Gasteiger partial charge in [-0.1, -0.05) is 28.4 Å². The molecule has 0 aliphatic heterocycles. The Labute approximate surface area is 136 Å². The maximum Gasteiger partial charge on any atom is 0.406 e. The molecule has 0 spiro atoms. The van der Waals surface area contributed by atoms with E-state index in [9.17, 15) is 4.79 Å². The first-order valence-electron chi connectivity index (χ1n) is 6.29. The SMILES string of the molecule is COC(=O)NCCc1nc(COc2ccc(Cl)cc2Cl)no1. The van der Waals surface area contributed by atoms with Gasteiger partial charge in [-0.2, -0.15) is 4.98 Å². The van der Waals surface area contributed by atoms with Gasteiger partial charge in [-0.3, -0.25) is 0 Å². The lowest BCUT2D eigenvalue weighted by molar-refractivity contribution is 0.171. The zero-order valence-electron chi connectivity index (χ0n) is 11.6. The van der Waals surface area contributed by atoms with Gasteiger partial charge in [0.1, 0.15) is 5.75 Å². The number of methoxy groups -OCH3 is 1. The summed E-state index contributed by atoms with van der Waals surface area (Å²) in [5.41, 5.74) is 0. The van der Waals surface area contributed by atoms with Gasteiger partial charge in [0.2, 0.25) is 11.7 Å². The standard InChI is InChI=1S/C13H13Cl2N3O4/c1-20-13(19)16-5-4-12-17-11(18-22-12)7-21-10-3-2-8(14)6-9(10)15/h2-3,6H,4-5,7H2,1H3,(H,16,19). The minimum Gasteiger partial charge on any atom is -0.484 e. The van der Waals surface area contributed by atoms with Crippen molar-refractivity contribution < 1.29 is 18.8 Å². The molecule has 7 nitrogen and oxygen atoms in total. The first-order valence-corrected chi connectivity index (χ1v) is 7.05. The monoisotopic (exact) mass is 345 g/mol. The predicted octanol–water partition coefficient (Wildman–Crippen LogP) is 2.85. The van der Waals surface area contributed by atoms with Crippen molar-refractivity contribution >= 4 is 29.3 Å². The highest BCUT2D eigenvalue weighted by molar-refractivity contribution is 6.35.